The van der Waals surface area contributed by atoms with E-state index in [4.69, 9.17) is 40.1 Å². The van der Waals surface area contributed by atoms with Gasteiger partial charge in [0.15, 0.2) is 6.04 Å². The summed E-state index contributed by atoms with van der Waals surface area (Å²) in [5.41, 5.74) is 41.0. The van der Waals surface area contributed by atoms with Crippen LogP contribution >= 0.6 is 0 Å². The SMILES string of the molecule is C[C@@H](O)[C@H](NC(=O)[C@H](CCN)NC(=O)[C@H](CCN)NC(=O)[C@H](CC1CCCCC1)NC(=O)[C@@H](Cc1ccccc1)NC(=O)[C@H](CCN)NC(=O)[C@H](CCN)NC(=O)[C@H](CCN)NC(=O)[C@@H](NC(=O)[C@@H](N)CCN)[C@@H](C)O)C(=O)O. The fourth-order valence-electron chi connectivity index (χ4n) is 8.74. The number of nitrogens with one attached hydrogen (secondary N) is 9. The number of aliphatic hydroxyl groups is 2. The van der Waals surface area contributed by atoms with Gasteiger partial charge < -0.3 is 103 Å². The molecule has 1 saturated carbocycles. The van der Waals surface area contributed by atoms with Gasteiger partial charge in [-0.3, -0.25) is 43.2 Å². The maximum Gasteiger partial charge on any atom is 0.328 e. The van der Waals surface area contributed by atoms with Gasteiger partial charge in [-0.25, -0.2) is 4.79 Å². The molecule has 1 aromatic rings. The minimum atomic E-state index is -1.71. The molecule has 29 heteroatoms. The summed E-state index contributed by atoms with van der Waals surface area (Å²) in [6, 6.07) is -5.39. The molecule has 0 aliphatic heterocycles. The zero-order valence-electron chi connectivity index (χ0n) is 45.3. The van der Waals surface area contributed by atoms with Crippen molar-refractivity contribution in [3.8, 4) is 0 Å². The van der Waals surface area contributed by atoms with Crippen LogP contribution in [0.5, 0.6) is 0 Å². The van der Waals surface area contributed by atoms with E-state index in [1.165, 1.54) is 6.92 Å². The summed E-state index contributed by atoms with van der Waals surface area (Å²) in [4.78, 5) is 136. The number of hydrogen-bond donors (Lipinski definition) is 19. The predicted molar refractivity (Wildman–Crippen MR) is 290 cm³/mol. The number of nitrogens with two attached hydrogens (primary N) is 7. The minimum absolute atomic E-state index is 0.0321. The number of aliphatic carboxylic acids is 1. The normalized spacial score (nSPS) is 17.2. The van der Waals surface area contributed by atoms with E-state index in [-0.39, 0.29) is 96.6 Å². The number of carbonyl (C=O) groups excluding carboxylic acids is 9. The van der Waals surface area contributed by atoms with Crippen molar-refractivity contribution in [1.82, 2.24) is 47.9 Å². The highest BCUT2D eigenvalue weighted by Crippen LogP contribution is 2.27. The van der Waals surface area contributed by atoms with Gasteiger partial charge >= 0.3 is 5.97 Å². The molecule has 9 amide bonds. The highest BCUT2D eigenvalue weighted by molar-refractivity contribution is 5.98. The van der Waals surface area contributed by atoms with Crippen molar-refractivity contribution in [2.24, 2.45) is 46.1 Å². The molecule has 0 aromatic heterocycles. The van der Waals surface area contributed by atoms with Crippen LogP contribution in [0.3, 0.4) is 0 Å². The van der Waals surface area contributed by atoms with Crippen molar-refractivity contribution in [2.75, 3.05) is 39.3 Å². The van der Waals surface area contributed by atoms with Crippen LogP contribution in [0.15, 0.2) is 30.3 Å². The Labute approximate surface area is 460 Å². The molecule has 0 bridgehead atoms. The van der Waals surface area contributed by atoms with E-state index in [1.54, 1.807) is 30.3 Å². The molecule has 12 atom stereocenters. The molecule has 79 heavy (non-hydrogen) atoms. The lowest BCUT2D eigenvalue weighted by molar-refractivity contribution is -0.145. The number of benzene rings is 1. The molecule has 2 rings (SSSR count). The Morgan fingerprint density at radius 3 is 1.15 bits per heavy atom. The van der Waals surface area contributed by atoms with E-state index in [0.29, 0.717) is 5.56 Å². The molecule has 0 spiro atoms. The number of rotatable bonds is 37. The summed E-state index contributed by atoms with van der Waals surface area (Å²) >= 11 is 0. The Bertz CT molecular complexity index is 2120. The van der Waals surface area contributed by atoms with Crippen molar-refractivity contribution >= 4 is 59.1 Å². The first-order chi connectivity index (χ1) is 37.5. The lowest BCUT2D eigenvalue weighted by Gasteiger charge is -2.30. The average Bonchev–Trinajstić information content (AvgIpc) is 3.41. The third-order valence-electron chi connectivity index (χ3n) is 13.2. The first kappa shape index (κ1) is 68.7. The third-order valence-corrected chi connectivity index (χ3v) is 13.2. The highest BCUT2D eigenvalue weighted by atomic mass is 16.4. The fourth-order valence-corrected chi connectivity index (χ4v) is 8.74. The van der Waals surface area contributed by atoms with E-state index < -0.39 is 132 Å². The molecule has 0 heterocycles. The van der Waals surface area contributed by atoms with Gasteiger partial charge in [0.2, 0.25) is 53.2 Å². The number of hydrogen-bond acceptors (Lipinski definition) is 19. The van der Waals surface area contributed by atoms with Crippen LogP contribution in [0, 0.1) is 5.92 Å². The summed E-state index contributed by atoms with van der Waals surface area (Å²) in [5, 5.41) is 52.5. The zero-order valence-corrected chi connectivity index (χ0v) is 45.3. The molecule has 26 N–H and O–H groups in total. The fraction of sp³-hybridized carbons (Fsp3) is 0.680. The maximum absolute atomic E-state index is 14.6. The van der Waals surface area contributed by atoms with E-state index in [2.05, 4.69) is 47.9 Å². The van der Waals surface area contributed by atoms with Gasteiger partial charge in [0.05, 0.1) is 18.2 Å². The highest BCUT2D eigenvalue weighted by Gasteiger charge is 2.37. The number of aliphatic hydroxyl groups excluding tert-OH is 2. The van der Waals surface area contributed by atoms with Crippen LogP contribution in [0.2, 0.25) is 0 Å². The first-order valence-electron chi connectivity index (χ1n) is 26.9. The van der Waals surface area contributed by atoms with Crippen LogP contribution in [0.1, 0.15) is 96.5 Å². The molecule has 446 valence electrons. The van der Waals surface area contributed by atoms with Gasteiger partial charge in [0, 0.05) is 6.42 Å². The van der Waals surface area contributed by atoms with Crippen molar-refractivity contribution in [3.05, 3.63) is 35.9 Å². The summed E-state index contributed by atoms with van der Waals surface area (Å²) in [5.74, 6) is -9.38. The summed E-state index contributed by atoms with van der Waals surface area (Å²) < 4.78 is 0. The van der Waals surface area contributed by atoms with E-state index >= 15 is 0 Å². The summed E-state index contributed by atoms with van der Waals surface area (Å²) in [6.07, 6.45) is 0.575. The standard InChI is InChI=1S/C50H88N16O13/c1-27(67)39(65-41(69)31(57)13-19-51)49(77)62-35(17-23-55)44(72)58-32(14-20-52)42(70)59-34(16-22-54)45(73)63-38(26-30-11-7-4-8-12-30)48(76)64-37(25-29-9-5-3-6-10-29)47(75)61-33(15-21-53)43(71)60-36(18-24-56)46(74)66-40(28(2)68)50(78)79/h4,7-8,11-12,27-29,31-40,67-68H,3,5-6,9-10,13-26,51-57H2,1-2H3,(H,58,72)(H,59,70)(H,60,71)(H,61,75)(H,62,77)(H,63,73)(H,64,76)(H,65,69)(H,66,74)(H,78,79)/t27-,28-,31+,32+,33+,34+,35+,36+,37+,38-,39+,40+/m1/s1. The molecular formula is C50H88N16O13. The first-order valence-corrected chi connectivity index (χ1v) is 26.9. The Balaban J connectivity index is 2.43. The zero-order chi connectivity index (χ0) is 59.2. The van der Waals surface area contributed by atoms with Gasteiger partial charge in [-0.15, -0.1) is 0 Å². The Morgan fingerprint density at radius 1 is 0.443 bits per heavy atom. The predicted octanol–water partition coefficient (Wildman–Crippen LogP) is -7.17. The monoisotopic (exact) mass is 1120 g/mol. The molecule has 1 aliphatic rings. The van der Waals surface area contributed by atoms with Gasteiger partial charge in [-0.2, -0.15) is 0 Å². The van der Waals surface area contributed by atoms with E-state index in [9.17, 15) is 63.3 Å². The molecule has 0 radical (unpaired) electrons. The molecule has 29 nitrogen and oxygen atoms in total. The Morgan fingerprint density at radius 2 is 0.772 bits per heavy atom. The molecule has 1 aromatic carbocycles. The minimum Gasteiger partial charge on any atom is -0.480 e. The second kappa shape index (κ2) is 36.7. The van der Waals surface area contributed by atoms with Crippen molar-refractivity contribution in [3.63, 3.8) is 0 Å². The number of carboxylic acid groups (broad SMARTS) is 1. The number of carbonyl (C=O) groups is 10. The lowest BCUT2D eigenvalue weighted by atomic mass is 9.84. The van der Waals surface area contributed by atoms with Gasteiger partial charge in [-0.05, 0) is 110 Å². The lowest BCUT2D eigenvalue weighted by Crippen LogP contribution is -2.62. The summed E-state index contributed by atoms with van der Waals surface area (Å²) in [7, 11) is 0. The largest absolute Gasteiger partial charge is 0.480 e. The van der Waals surface area contributed by atoms with Crippen LogP contribution in [0.25, 0.3) is 0 Å². The topological polar surface area (TPSA) is 522 Å². The molecular weight excluding hydrogens is 1030 g/mol. The van der Waals surface area contributed by atoms with Crippen LogP contribution < -0.4 is 88.0 Å². The van der Waals surface area contributed by atoms with Crippen LogP contribution in [-0.4, -0.2) is 186 Å². The van der Waals surface area contributed by atoms with Crippen LogP contribution in [0.4, 0.5) is 0 Å². The smallest absolute Gasteiger partial charge is 0.328 e. The molecule has 1 aliphatic carbocycles. The van der Waals surface area contributed by atoms with Crippen molar-refractivity contribution in [2.45, 2.75) is 170 Å². The quantitative estimate of drug-likeness (QED) is 0.0294. The van der Waals surface area contributed by atoms with E-state index in [1.807, 2.05) is 0 Å². The number of amides is 9. The average molecular weight is 1120 g/mol. The maximum atomic E-state index is 14.6. The Hall–Kier alpha value is -6.44. The summed E-state index contributed by atoms with van der Waals surface area (Å²) in [6.45, 7) is 1.82. The van der Waals surface area contributed by atoms with Crippen molar-refractivity contribution in [1.29, 1.82) is 0 Å². The van der Waals surface area contributed by atoms with Gasteiger partial charge in [0.1, 0.15) is 48.3 Å². The second-order valence-electron chi connectivity index (χ2n) is 19.7. The van der Waals surface area contributed by atoms with Gasteiger partial charge in [0.25, 0.3) is 0 Å². The molecule has 0 unspecified atom stereocenters. The van der Waals surface area contributed by atoms with Crippen molar-refractivity contribution < 1.29 is 63.3 Å². The second-order valence-corrected chi connectivity index (χ2v) is 19.7. The van der Waals surface area contributed by atoms with Gasteiger partial charge in [-0.1, -0.05) is 62.4 Å². The van der Waals surface area contributed by atoms with E-state index in [0.717, 1.165) is 39.0 Å². The Kier molecular flexibility index (Phi) is 31.9. The number of carboxylic acids is 1. The molecule has 0 saturated heterocycles. The van der Waals surface area contributed by atoms with Crippen LogP contribution in [-0.2, 0) is 54.4 Å². The third kappa shape index (κ3) is 24.2. The molecule has 1 fully saturated rings.